The summed E-state index contributed by atoms with van der Waals surface area (Å²) in [6.07, 6.45) is 3.58. The van der Waals surface area contributed by atoms with Gasteiger partial charge in [0, 0.05) is 11.1 Å². The van der Waals surface area contributed by atoms with Crippen LogP contribution in [0.4, 0.5) is 5.13 Å². The van der Waals surface area contributed by atoms with Gasteiger partial charge in [-0.3, -0.25) is 14.5 Å². The number of ether oxygens (including phenoxy) is 2. The highest BCUT2D eigenvalue weighted by Crippen LogP contribution is 2.42. The number of carbonyl (C=O) groups is 3. The van der Waals surface area contributed by atoms with Gasteiger partial charge in [0.2, 0.25) is 0 Å². The Morgan fingerprint density at radius 3 is 2.15 bits per heavy atom. The Kier molecular flexibility index (Phi) is 12.5. The largest absolute Gasteiger partial charge is 0.497 e. The molecule has 62 heavy (non-hydrogen) atoms. The molecular weight excluding hydrogens is 827 g/mol. The van der Waals surface area contributed by atoms with Crippen LogP contribution in [0.2, 0.25) is 0 Å². The number of nitrogens with one attached hydrogen (secondary N) is 2. The molecular formula is C45H41N9O6S2. The van der Waals surface area contributed by atoms with Gasteiger partial charge in [-0.2, -0.15) is 0 Å². The predicted molar refractivity (Wildman–Crippen MR) is 235 cm³/mol. The van der Waals surface area contributed by atoms with Crippen LogP contribution in [0.15, 0.2) is 149 Å². The molecule has 1 fully saturated rings. The van der Waals surface area contributed by atoms with E-state index < -0.39 is 34.7 Å². The molecule has 0 saturated carbocycles. The van der Waals surface area contributed by atoms with Gasteiger partial charge in [-0.05, 0) is 57.3 Å². The van der Waals surface area contributed by atoms with E-state index in [1.54, 1.807) is 54.4 Å². The van der Waals surface area contributed by atoms with Crippen molar-refractivity contribution in [1.29, 1.82) is 0 Å². The van der Waals surface area contributed by atoms with Gasteiger partial charge in [0.15, 0.2) is 10.8 Å². The van der Waals surface area contributed by atoms with Crippen LogP contribution in [0, 0.1) is 6.92 Å². The Morgan fingerprint density at radius 2 is 1.56 bits per heavy atom. The molecule has 314 valence electrons. The minimum atomic E-state index is -0.980. The Balaban J connectivity index is 1.03. The highest BCUT2D eigenvalue weighted by Gasteiger charge is 2.54. The first kappa shape index (κ1) is 41.6. The zero-order chi connectivity index (χ0) is 43.1. The number of nitrogens with zero attached hydrogens (tertiary/aromatic N) is 7. The van der Waals surface area contributed by atoms with Gasteiger partial charge in [0.25, 0.3) is 11.8 Å². The summed E-state index contributed by atoms with van der Waals surface area (Å²) in [7, 11) is 2.91. The van der Waals surface area contributed by atoms with E-state index in [4.69, 9.17) is 19.3 Å². The molecule has 2 atom stereocenters. The molecule has 8 rings (SSSR count). The first-order valence-electron chi connectivity index (χ1n) is 19.5. The quantitative estimate of drug-likeness (QED) is 0.0391. The molecule has 0 radical (unpaired) electrons. The van der Waals surface area contributed by atoms with E-state index in [2.05, 4.69) is 67.7 Å². The van der Waals surface area contributed by atoms with Gasteiger partial charge in [0.1, 0.15) is 53.6 Å². The summed E-state index contributed by atoms with van der Waals surface area (Å²) >= 11 is 2.71. The molecule has 0 bridgehead atoms. The zero-order valence-corrected chi connectivity index (χ0v) is 35.5. The van der Waals surface area contributed by atoms with Gasteiger partial charge in [-0.15, -0.1) is 28.2 Å². The fraction of sp³-hybridized carbons (Fsp3) is 0.200. The van der Waals surface area contributed by atoms with Crippen molar-refractivity contribution in [3.05, 3.63) is 178 Å². The number of aromatic nitrogens is 5. The molecule has 1 saturated heterocycles. The number of thiazole rings is 1. The topological polar surface area (TPSA) is 175 Å². The van der Waals surface area contributed by atoms with Crippen LogP contribution >= 0.6 is 23.1 Å². The summed E-state index contributed by atoms with van der Waals surface area (Å²) < 4.78 is 12.6. The van der Waals surface area contributed by atoms with E-state index in [1.165, 1.54) is 35.1 Å². The van der Waals surface area contributed by atoms with Crippen molar-refractivity contribution in [1.82, 2.24) is 35.4 Å². The number of rotatable bonds is 16. The summed E-state index contributed by atoms with van der Waals surface area (Å²) in [6, 6.07) is 36.4. The third kappa shape index (κ3) is 8.44. The summed E-state index contributed by atoms with van der Waals surface area (Å²) in [5.41, 5.74) is 3.63. The molecule has 2 aliphatic heterocycles. The number of carbonyl (C=O) groups excluding carboxylic acids is 3. The maximum absolute atomic E-state index is 14.1. The van der Waals surface area contributed by atoms with Crippen molar-refractivity contribution in [2.75, 3.05) is 25.3 Å². The molecule has 2 aromatic heterocycles. The van der Waals surface area contributed by atoms with Crippen LogP contribution in [0.3, 0.4) is 0 Å². The summed E-state index contributed by atoms with van der Waals surface area (Å²) in [4.78, 5) is 53.3. The van der Waals surface area contributed by atoms with Gasteiger partial charge in [-0.1, -0.05) is 120 Å². The van der Waals surface area contributed by atoms with Crippen molar-refractivity contribution in [3.63, 3.8) is 0 Å². The number of thioether (sulfide) groups is 1. The predicted octanol–water partition coefficient (Wildman–Crippen LogP) is 5.85. The van der Waals surface area contributed by atoms with Crippen LogP contribution in [0.1, 0.15) is 33.8 Å². The minimum absolute atomic E-state index is 0.0301. The number of hydrogen-bond acceptors (Lipinski definition) is 14. The zero-order valence-electron chi connectivity index (χ0n) is 33.9. The second-order valence-corrected chi connectivity index (χ2v) is 16.1. The maximum Gasteiger partial charge on any atom is 0.355 e. The number of hydrogen-bond donors (Lipinski definition) is 2. The maximum atomic E-state index is 14.1. The Hall–Kier alpha value is -7.11. The Morgan fingerprint density at radius 1 is 0.919 bits per heavy atom. The molecule has 4 aromatic carbocycles. The molecule has 15 nitrogen and oxygen atoms in total. The van der Waals surface area contributed by atoms with E-state index in [9.17, 15) is 14.4 Å². The van der Waals surface area contributed by atoms with Crippen molar-refractivity contribution in [3.8, 4) is 5.75 Å². The number of esters is 1. The van der Waals surface area contributed by atoms with Crippen molar-refractivity contribution in [2.45, 2.75) is 37.0 Å². The number of methoxy groups -OCH3 is 1. The second kappa shape index (κ2) is 18.7. The highest BCUT2D eigenvalue weighted by atomic mass is 32.2. The van der Waals surface area contributed by atoms with Crippen LogP contribution in [-0.4, -0.2) is 85.0 Å². The third-order valence-electron chi connectivity index (χ3n) is 10.4. The molecule has 17 heteroatoms. The summed E-state index contributed by atoms with van der Waals surface area (Å²) in [5, 5.41) is 23.8. The van der Waals surface area contributed by atoms with Crippen molar-refractivity contribution < 1.29 is 28.7 Å². The minimum Gasteiger partial charge on any atom is -0.497 e. The number of allylic oxidation sites excluding steroid dienone is 2. The monoisotopic (exact) mass is 867 g/mol. The van der Waals surface area contributed by atoms with Crippen LogP contribution < -0.4 is 15.4 Å². The van der Waals surface area contributed by atoms with Gasteiger partial charge >= 0.3 is 5.97 Å². The first-order chi connectivity index (χ1) is 30.3. The normalized spacial score (nSPS) is 16.4. The molecule has 2 amide bonds. The second-order valence-electron chi connectivity index (χ2n) is 14.1. The molecule has 0 spiro atoms. The number of amides is 2. The smallest absolute Gasteiger partial charge is 0.355 e. The lowest BCUT2D eigenvalue weighted by Crippen LogP contribution is -2.71. The molecule has 4 heterocycles. The van der Waals surface area contributed by atoms with Crippen molar-refractivity contribution in [2.24, 2.45) is 5.16 Å². The summed E-state index contributed by atoms with van der Waals surface area (Å²) in [6.45, 7) is 2.10. The molecule has 0 aliphatic carbocycles. The molecule has 2 aliphatic rings. The Labute approximate surface area is 365 Å². The van der Waals surface area contributed by atoms with Gasteiger partial charge in [0.05, 0.1) is 13.7 Å². The van der Waals surface area contributed by atoms with E-state index in [0.29, 0.717) is 34.6 Å². The molecule has 1 unspecified atom stereocenters. The van der Waals surface area contributed by atoms with Gasteiger partial charge < -0.3 is 24.9 Å². The van der Waals surface area contributed by atoms with Crippen LogP contribution in [0.5, 0.6) is 5.75 Å². The number of oxime groups is 1. The first-order valence-corrected chi connectivity index (χ1v) is 21.4. The number of β-lactam (4-membered cyclic amide) rings is 1. The number of anilines is 1. The van der Waals surface area contributed by atoms with E-state index in [0.717, 1.165) is 22.3 Å². The lowest BCUT2D eigenvalue weighted by atomic mass is 9.77. The number of aryl methyl sites for hydroxylation is 1. The number of tetrazole rings is 1. The standard InChI is InChI=1S/C45H41N9O6S2/c1-29-49-51-52-53(29)25-13-14-31-27-61-42-38(41(56)54(42)39(31)43(57)60-26-30-21-23-35(58-2)24-22-30)47-40(55)37(50-59-3)36-28-62-44(46-36)48-45(32-15-7-4-8-16-32,33-17-9-5-10-18-33)34-19-11-6-12-20-34/h4-24,28,38,42H,25-27H2,1-3H3,(H,46,48)(H,47,55)/b14-13-,50-37?/t38?,42-/m1/s1. The average molecular weight is 868 g/mol. The van der Waals surface area contributed by atoms with E-state index in [-0.39, 0.29) is 23.7 Å². The lowest BCUT2D eigenvalue weighted by molar-refractivity contribution is -0.153. The van der Waals surface area contributed by atoms with Gasteiger partial charge in [-0.25, -0.2) is 14.5 Å². The number of fused-ring (bicyclic) bond motifs is 1. The SMILES string of the molecule is CON=C(C(=O)NC1C(=O)N2C(C(=O)OCc3ccc(OC)cc3)=C(/C=C\Cn3nnnc3C)CS[C@H]12)c1csc(NC(c2ccccc2)(c2ccccc2)c2ccccc2)n1. The highest BCUT2D eigenvalue weighted by molar-refractivity contribution is 8.00. The van der Waals surface area contributed by atoms with E-state index >= 15 is 0 Å². The fourth-order valence-corrected chi connectivity index (χ4v) is 9.37. The Bertz CT molecular complexity index is 2540. The number of benzene rings is 4. The lowest BCUT2D eigenvalue weighted by Gasteiger charge is -2.49. The fourth-order valence-electron chi connectivity index (χ4n) is 7.30. The van der Waals surface area contributed by atoms with E-state index in [1.807, 2.05) is 60.7 Å². The average Bonchev–Trinajstić information content (AvgIpc) is 3.96. The molecule has 6 aromatic rings. The molecule has 2 N–H and O–H groups in total. The van der Waals surface area contributed by atoms with Crippen molar-refractivity contribution >= 4 is 51.7 Å². The van der Waals surface area contributed by atoms with Crippen LogP contribution in [0.25, 0.3) is 0 Å². The summed E-state index contributed by atoms with van der Waals surface area (Å²) in [5.74, 6) is -0.183. The van der Waals surface area contributed by atoms with Crippen LogP contribution in [-0.2, 0) is 42.6 Å². The third-order valence-corrected chi connectivity index (χ3v) is 12.4.